The van der Waals surface area contributed by atoms with Crippen LogP contribution in [0.25, 0.3) is 0 Å². The minimum Gasteiger partial charge on any atom is -0.391 e. The Hall–Kier alpha value is -1.53. The van der Waals surface area contributed by atoms with Crippen LogP contribution in [-0.2, 0) is 6.42 Å². The average Bonchev–Trinajstić information content (AvgIpc) is 2.35. The first-order valence-corrected chi connectivity index (χ1v) is 6.20. The molecule has 1 saturated carbocycles. The Balaban J connectivity index is 1.96. The van der Waals surface area contributed by atoms with Crippen molar-refractivity contribution < 1.29 is 5.11 Å². The second-order valence-electron chi connectivity index (χ2n) is 4.63. The van der Waals surface area contributed by atoms with Gasteiger partial charge in [-0.15, -0.1) is 0 Å². The molecule has 2 rings (SSSR count). The van der Waals surface area contributed by atoms with E-state index in [-0.39, 0.29) is 12.1 Å². The lowest BCUT2D eigenvalue weighted by molar-refractivity contribution is 0.116. The fourth-order valence-corrected chi connectivity index (χ4v) is 2.30. The Labute approximate surface area is 102 Å². The van der Waals surface area contributed by atoms with Gasteiger partial charge in [0.05, 0.1) is 24.6 Å². The lowest BCUT2D eigenvalue weighted by atomic mass is 9.92. The van der Waals surface area contributed by atoms with E-state index in [1.54, 1.807) is 0 Å². The summed E-state index contributed by atoms with van der Waals surface area (Å²) < 4.78 is 0. The summed E-state index contributed by atoms with van der Waals surface area (Å²) in [6.45, 7) is 0. The third kappa shape index (κ3) is 3.21. The summed E-state index contributed by atoms with van der Waals surface area (Å²) in [4.78, 5) is 0. The van der Waals surface area contributed by atoms with Crippen LogP contribution in [0.4, 0.5) is 5.69 Å². The van der Waals surface area contributed by atoms with Gasteiger partial charge in [0.25, 0.3) is 0 Å². The predicted octanol–water partition coefficient (Wildman–Crippen LogP) is 2.47. The summed E-state index contributed by atoms with van der Waals surface area (Å²) in [5.74, 6) is 0. The molecule has 0 spiro atoms. The first-order valence-electron chi connectivity index (χ1n) is 6.20. The zero-order valence-corrected chi connectivity index (χ0v) is 9.89. The zero-order valence-electron chi connectivity index (χ0n) is 9.89. The molecule has 0 amide bonds. The first kappa shape index (κ1) is 11.9. The molecule has 17 heavy (non-hydrogen) atoms. The van der Waals surface area contributed by atoms with E-state index in [0.717, 1.165) is 30.5 Å². The molecule has 1 fully saturated rings. The lowest BCUT2D eigenvalue weighted by Gasteiger charge is -2.29. The molecule has 1 aromatic rings. The second kappa shape index (κ2) is 5.70. The van der Waals surface area contributed by atoms with Gasteiger partial charge in [-0.3, -0.25) is 0 Å². The molecule has 3 nitrogen and oxygen atoms in total. The number of aliphatic hydroxyl groups excluding tert-OH is 1. The summed E-state index contributed by atoms with van der Waals surface area (Å²) >= 11 is 0. The maximum atomic E-state index is 9.86. The monoisotopic (exact) mass is 230 g/mol. The number of hydrogen-bond acceptors (Lipinski definition) is 3. The zero-order chi connectivity index (χ0) is 12.1. The van der Waals surface area contributed by atoms with Crippen molar-refractivity contribution in [3.63, 3.8) is 0 Å². The standard InChI is InChI=1S/C14H18N2O/c15-10-9-11-5-7-12(8-6-11)16-13-3-1-2-4-14(13)17/h5-8,13-14,16-17H,1-4,9H2/t13-,14-/m1/s1. The number of nitrogens with one attached hydrogen (secondary N) is 1. The van der Waals surface area contributed by atoms with E-state index in [0.29, 0.717) is 6.42 Å². The highest BCUT2D eigenvalue weighted by Crippen LogP contribution is 2.22. The number of nitriles is 1. The molecule has 0 unspecified atom stereocenters. The highest BCUT2D eigenvalue weighted by Gasteiger charge is 2.22. The van der Waals surface area contributed by atoms with Crippen molar-refractivity contribution in [3.05, 3.63) is 29.8 Å². The molecule has 90 valence electrons. The van der Waals surface area contributed by atoms with E-state index in [9.17, 15) is 5.11 Å². The lowest BCUT2D eigenvalue weighted by Crippen LogP contribution is -2.36. The van der Waals surface area contributed by atoms with E-state index in [1.807, 2.05) is 24.3 Å². The van der Waals surface area contributed by atoms with Gasteiger partial charge in [0, 0.05) is 5.69 Å². The molecule has 3 heteroatoms. The van der Waals surface area contributed by atoms with Gasteiger partial charge in [0.15, 0.2) is 0 Å². The molecule has 0 aromatic heterocycles. The van der Waals surface area contributed by atoms with Gasteiger partial charge in [-0.25, -0.2) is 0 Å². The molecular formula is C14H18N2O. The van der Waals surface area contributed by atoms with Crippen molar-refractivity contribution in [2.24, 2.45) is 0 Å². The fraction of sp³-hybridized carbons (Fsp3) is 0.500. The topological polar surface area (TPSA) is 56.0 Å². The van der Waals surface area contributed by atoms with E-state index >= 15 is 0 Å². The molecule has 0 aliphatic heterocycles. The van der Waals surface area contributed by atoms with Crippen LogP contribution >= 0.6 is 0 Å². The van der Waals surface area contributed by atoms with Gasteiger partial charge in [-0.2, -0.15) is 5.26 Å². The summed E-state index contributed by atoms with van der Waals surface area (Å²) in [5.41, 5.74) is 2.06. The molecule has 2 atom stereocenters. The number of aliphatic hydroxyl groups is 1. The minimum absolute atomic E-state index is 0.172. The maximum Gasteiger partial charge on any atom is 0.0741 e. The smallest absolute Gasteiger partial charge is 0.0741 e. The van der Waals surface area contributed by atoms with Gasteiger partial charge in [-0.05, 0) is 30.5 Å². The third-order valence-corrected chi connectivity index (χ3v) is 3.32. The largest absolute Gasteiger partial charge is 0.391 e. The van der Waals surface area contributed by atoms with Gasteiger partial charge in [-0.1, -0.05) is 25.0 Å². The second-order valence-corrected chi connectivity index (χ2v) is 4.63. The van der Waals surface area contributed by atoms with Gasteiger partial charge in [0.1, 0.15) is 0 Å². The molecule has 0 heterocycles. The first-order chi connectivity index (χ1) is 8.29. The van der Waals surface area contributed by atoms with Crippen molar-refractivity contribution in [2.45, 2.75) is 44.2 Å². The molecule has 0 radical (unpaired) electrons. The van der Waals surface area contributed by atoms with Crippen LogP contribution in [-0.4, -0.2) is 17.3 Å². The summed E-state index contributed by atoms with van der Waals surface area (Å²) in [7, 11) is 0. The normalized spacial score (nSPS) is 24.0. The van der Waals surface area contributed by atoms with Crippen molar-refractivity contribution in [3.8, 4) is 6.07 Å². The Morgan fingerprint density at radius 2 is 1.94 bits per heavy atom. The van der Waals surface area contributed by atoms with Crippen LogP contribution in [0, 0.1) is 11.3 Å². The number of nitrogens with zero attached hydrogens (tertiary/aromatic N) is 1. The Morgan fingerprint density at radius 1 is 1.24 bits per heavy atom. The average molecular weight is 230 g/mol. The molecule has 1 aliphatic carbocycles. The number of anilines is 1. The Morgan fingerprint density at radius 3 is 2.59 bits per heavy atom. The van der Waals surface area contributed by atoms with Crippen LogP contribution in [0.2, 0.25) is 0 Å². The quantitative estimate of drug-likeness (QED) is 0.838. The minimum atomic E-state index is -0.234. The highest BCUT2D eigenvalue weighted by molar-refractivity contribution is 5.46. The highest BCUT2D eigenvalue weighted by atomic mass is 16.3. The van der Waals surface area contributed by atoms with E-state index in [4.69, 9.17) is 5.26 Å². The molecule has 0 saturated heterocycles. The van der Waals surface area contributed by atoms with E-state index < -0.39 is 0 Å². The third-order valence-electron chi connectivity index (χ3n) is 3.32. The Bertz CT molecular complexity index is 394. The van der Waals surface area contributed by atoms with Crippen molar-refractivity contribution in [1.29, 1.82) is 5.26 Å². The van der Waals surface area contributed by atoms with Crippen LogP contribution in [0.1, 0.15) is 31.2 Å². The van der Waals surface area contributed by atoms with Crippen molar-refractivity contribution >= 4 is 5.69 Å². The summed E-state index contributed by atoms with van der Waals surface area (Å²) in [5, 5.41) is 21.8. The van der Waals surface area contributed by atoms with Crippen LogP contribution in [0.5, 0.6) is 0 Å². The maximum absolute atomic E-state index is 9.86. The van der Waals surface area contributed by atoms with Crippen molar-refractivity contribution in [1.82, 2.24) is 0 Å². The molecule has 2 N–H and O–H groups in total. The summed E-state index contributed by atoms with van der Waals surface area (Å²) in [6, 6.07) is 10.2. The predicted molar refractivity (Wildman–Crippen MR) is 67.6 cm³/mol. The van der Waals surface area contributed by atoms with Gasteiger partial charge < -0.3 is 10.4 Å². The SMILES string of the molecule is N#CCc1ccc(N[C@@H]2CCCC[C@H]2O)cc1. The molecule has 1 aliphatic rings. The van der Waals surface area contributed by atoms with Crippen molar-refractivity contribution in [2.75, 3.05) is 5.32 Å². The van der Waals surface area contributed by atoms with Crippen LogP contribution in [0.3, 0.4) is 0 Å². The van der Waals surface area contributed by atoms with Crippen LogP contribution < -0.4 is 5.32 Å². The van der Waals surface area contributed by atoms with E-state index in [2.05, 4.69) is 11.4 Å². The van der Waals surface area contributed by atoms with Crippen LogP contribution in [0.15, 0.2) is 24.3 Å². The van der Waals surface area contributed by atoms with Gasteiger partial charge >= 0.3 is 0 Å². The Kier molecular flexibility index (Phi) is 4.00. The molecule has 1 aromatic carbocycles. The van der Waals surface area contributed by atoms with Gasteiger partial charge in [0.2, 0.25) is 0 Å². The number of benzene rings is 1. The fourth-order valence-electron chi connectivity index (χ4n) is 2.30. The number of rotatable bonds is 3. The summed E-state index contributed by atoms with van der Waals surface area (Å²) in [6.07, 6.45) is 4.45. The molecule has 0 bridgehead atoms. The molecular weight excluding hydrogens is 212 g/mol. The van der Waals surface area contributed by atoms with E-state index in [1.165, 1.54) is 6.42 Å². The number of hydrogen-bond donors (Lipinski definition) is 2.